The van der Waals surface area contributed by atoms with Crippen LogP contribution in [0.25, 0.3) is 10.6 Å². The third kappa shape index (κ3) is 2.72. The molecule has 1 nitrogen and oxygen atoms in total. The highest BCUT2D eigenvalue weighted by molar-refractivity contribution is 7.13. The van der Waals surface area contributed by atoms with Crippen LogP contribution in [0.4, 0.5) is 0 Å². The summed E-state index contributed by atoms with van der Waals surface area (Å²) in [7, 11) is 0. The topological polar surface area (TPSA) is 13.1 Å². The molecule has 0 saturated heterocycles. The Kier molecular flexibility index (Phi) is 3.62. The van der Waals surface area contributed by atoms with Crippen molar-refractivity contribution in [2.45, 2.75) is 32.6 Å². The van der Waals surface area contributed by atoms with Crippen molar-refractivity contribution in [3.05, 3.63) is 35.4 Å². The molecule has 0 radical (unpaired) electrons. The molecule has 0 aliphatic heterocycles. The molecule has 0 spiro atoms. The van der Waals surface area contributed by atoms with Gasteiger partial charge < -0.3 is 4.42 Å². The van der Waals surface area contributed by atoms with Crippen LogP contribution in [0, 0.1) is 0 Å². The van der Waals surface area contributed by atoms with Gasteiger partial charge in [-0.05, 0) is 30.0 Å². The number of unbranched alkanes of at least 4 members (excludes halogenated alkanes) is 2. The number of thiophene rings is 1. The maximum atomic E-state index is 5.79. The van der Waals surface area contributed by atoms with E-state index in [4.69, 9.17) is 4.42 Å². The summed E-state index contributed by atoms with van der Waals surface area (Å²) in [5.74, 6) is 2.13. The summed E-state index contributed by atoms with van der Waals surface area (Å²) in [6, 6.07) is 8.33. The van der Waals surface area contributed by atoms with Gasteiger partial charge in [0.1, 0.15) is 11.5 Å². The van der Waals surface area contributed by atoms with E-state index >= 15 is 0 Å². The fourth-order valence-electron chi connectivity index (χ4n) is 1.61. The van der Waals surface area contributed by atoms with Gasteiger partial charge in [0.05, 0.1) is 4.88 Å². The van der Waals surface area contributed by atoms with E-state index in [0.29, 0.717) is 0 Å². The minimum absolute atomic E-state index is 1.01. The highest BCUT2D eigenvalue weighted by atomic mass is 32.1. The molecule has 2 aromatic heterocycles. The molecule has 80 valence electrons. The molecule has 0 saturated carbocycles. The zero-order valence-electron chi connectivity index (χ0n) is 9.03. The van der Waals surface area contributed by atoms with Crippen LogP contribution in [-0.2, 0) is 6.42 Å². The largest absolute Gasteiger partial charge is 0.460 e. The molecule has 0 bridgehead atoms. The summed E-state index contributed by atoms with van der Waals surface area (Å²) >= 11 is 1.72. The van der Waals surface area contributed by atoms with Crippen LogP contribution in [0.1, 0.15) is 31.9 Å². The summed E-state index contributed by atoms with van der Waals surface area (Å²) in [5, 5.41) is 2.08. The highest BCUT2D eigenvalue weighted by Crippen LogP contribution is 2.26. The lowest BCUT2D eigenvalue weighted by molar-refractivity contribution is 0.509. The van der Waals surface area contributed by atoms with Gasteiger partial charge in [-0.15, -0.1) is 11.3 Å². The van der Waals surface area contributed by atoms with E-state index < -0.39 is 0 Å². The number of rotatable bonds is 5. The van der Waals surface area contributed by atoms with Crippen LogP contribution in [0.5, 0.6) is 0 Å². The van der Waals surface area contributed by atoms with Crippen molar-refractivity contribution in [1.82, 2.24) is 0 Å². The SMILES string of the molecule is CCCCCc1ccc(-c2cccs2)o1. The van der Waals surface area contributed by atoms with Crippen molar-refractivity contribution in [3.63, 3.8) is 0 Å². The summed E-state index contributed by atoms with van der Waals surface area (Å²) in [5.41, 5.74) is 0. The molecule has 0 N–H and O–H groups in total. The summed E-state index contributed by atoms with van der Waals surface area (Å²) < 4.78 is 5.79. The number of furan rings is 1. The first kappa shape index (κ1) is 10.5. The number of hydrogen-bond donors (Lipinski definition) is 0. The molecule has 0 fully saturated rings. The average molecular weight is 220 g/mol. The Morgan fingerprint density at radius 2 is 2.13 bits per heavy atom. The van der Waals surface area contributed by atoms with Gasteiger partial charge in [-0.1, -0.05) is 25.8 Å². The van der Waals surface area contributed by atoms with Crippen LogP contribution in [0.3, 0.4) is 0 Å². The molecule has 0 aliphatic carbocycles. The molecule has 0 amide bonds. The molecule has 0 aromatic carbocycles. The van der Waals surface area contributed by atoms with E-state index in [2.05, 4.69) is 36.6 Å². The van der Waals surface area contributed by atoms with Crippen molar-refractivity contribution in [2.75, 3.05) is 0 Å². The van der Waals surface area contributed by atoms with Crippen molar-refractivity contribution < 1.29 is 4.42 Å². The molecule has 0 unspecified atom stereocenters. The Morgan fingerprint density at radius 1 is 1.20 bits per heavy atom. The van der Waals surface area contributed by atoms with Gasteiger partial charge in [0.25, 0.3) is 0 Å². The Morgan fingerprint density at radius 3 is 2.87 bits per heavy atom. The van der Waals surface area contributed by atoms with Crippen LogP contribution >= 0.6 is 11.3 Å². The molecule has 2 rings (SSSR count). The summed E-state index contributed by atoms with van der Waals surface area (Å²) in [6.45, 7) is 2.22. The van der Waals surface area contributed by atoms with Crippen LogP contribution in [-0.4, -0.2) is 0 Å². The molecular formula is C13H16OS. The Labute approximate surface area is 94.7 Å². The first-order valence-corrected chi connectivity index (χ1v) is 6.40. The second-order valence-corrected chi connectivity index (χ2v) is 4.65. The average Bonchev–Trinajstić information content (AvgIpc) is 2.87. The fourth-order valence-corrected chi connectivity index (χ4v) is 2.30. The minimum Gasteiger partial charge on any atom is -0.460 e. The van der Waals surface area contributed by atoms with Crippen molar-refractivity contribution in [3.8, 4) is 10.6 Å². The Hall–Kier alpha value is -1.02. The monoisotopic (exact) mass is 220 g/mol. The lowest BCUT2D eigenvalue weighted by atomic mass is 10.2. The normalized spacial score (nSPS) is 10.7. The van der Waals surface area contributed by atoms with E-state index in [0.717, 1.165) is 17.9 Å². The standard InChI is InChI=1S/C13H16OS/c1-2-3-4-6-11-8-9-12(14-11)13-7-5-10-15-13/h5,7-10H,2-4,6H2,1H3. The van der Waals surface area contributed by atoms with Crippen LogP contribution in [0.2, 0.25) is 0 Å². The Bertz CT molecular complexity index is 386. The molecule has 15 heavy (non-hydrogen) atoms. The van der Waals surface area contributed by atoms with E-state index in [1.807, 2.05) is 0 Å². The zero-order valence-corrected chi connectivity index (χ0v) is 9.85. The molecule has 2 heteroatoms. The maximum Gasteiger partial charge on any atom is 0.144 e. The minimum atomic E-state index is 1.01. The number of aryl methyl sites for hydroxylation is 1. The van der Waals surface area contributed by atoms with Gasteiger partial charge >= 0.3 is 0 Å². The van der Waals surface area contributed by atoms with Gasteiger partial charge in [0, 0.05) is 6.42 Å². The van der Waals surface area contributed by atoms with E-state index in [1.54, 1.807) is 11.3 Å². The first-order valence-electron chi connectivity index (χ1n) is 5.52. The first-order chi connectivity index (χ1) is 7.40. The molecule has 2 heterocycles. The zero-order chi connectivity index (χ0) is 10.5. The fraction of sp³-hybridized carbons (Fsp3) is 0.385. The van der Waals surface area contributed by atoms with Gasteiger partial charge in [0.2, 0.25) is 0 Å². The quantitative estimate of drug-likeness (QED) is 0.663. The number of hydrogen-bond acceptors (Lipinski definition) is 2. The van der Waals surface area contributed by atoms with E-state index in [-0.39, 0.29) is 0 Å². The Balaban J connectivity index is 1.98. The third-order valence-corrected chi connectivity index (χ3v) is 3.34. The second-order valence-electron chi connectivity index (χ2n) is 3.70. The molecule has 2 aromatic rings. The molecule has 0 aliphatic rings. The van der Waals surface area contributed by atoms with Crippen molar-refractivity contribution >= 4 is 11.3 Å². The summed E-state index contributed by atoms with van der Waals surface area (Å²) in [6.07, 6.45) is 4.85. The predicted octanol–water partition coefficient (Wildman–Crippen LogP) is 4.74. The van der Waals surface area contributed by atoms with Crippen LogP contribution in [0.15, 0.2) is 34.1 Å². The van der Waals surface area contributed by atoms with Gasteiger partial charge in [0.15, 0.2) is 0 Å². The van der Waals surface area contributed by atoms with Crippen molar-refractivity contribution in [2.24, 2.45) is 0 Å². The lowest BCUT2D eigenvalue weighted by Gasteiger charge is -1.95. The predicted molar refractivity (Wildman–Crippen MR) is 65.3 cm³/mol. The lowest BCUT2D eigenvalue weighted by Crippen LogP contribution is -1.80. The summed E-state index contributed by atoms with van der Waals surface area (Å²) in [4.78, 5) is 1.22. The maximum absolute atomic E-state index is 5.79. The van der Waals surface area contributed by atoms with E-state index in [1.165, 1.54) is 24.1 Å². The van der Waals surface area contributed by atoms with E-state index in [9.17, 15) is 0 Å². The van der Waals surface area contributed by atoms with Gasteiger partial charge in [-0.3, -0.25) is 0 Å². The molecule has 0 atom stereocenters. The molecular weight excluding hydrogens is 204 g/mol. The highest BCUT2D eigenvalue weighted by Gasteiger charge is 2.04. The van der Waals surface area contributed by atoms with Crippen LogP contribution < -0.4 is 0 Å². The van der Waals surface area contributed by atoms with Gasteiger partial charge in [-0.25, -0.2) is 0 Å². The smallest absolute Gasteiger partial charge is 0.144 e. The second kappa shape index (κ2) is 5.17. The third-order valence-electron chi connectivity index (χ3n) is 2.45. The van der Waals surface area contributed by atoms with Gasteiger partial charge in [-0.2, -0.15) is 0 Å². The van der Waals surface area contributed by atoms with Crippen molar-refractivity contribution in [1.29, 1.82) is 0 Å².